The minimum Gasteiger partial charge on any atom is -0.329 e. The Morgan fingerprint density at radius 3 is 3.00 bits per heavy atom. The van der Waals surface area contributed by atoms with Crippen LogP contribution >= 0.6 is 23.8 Å². The van der Waals surface area contributed by atoms with E-state index in [0.29, 0.717) is 9.79 Å². The summed E-state index contributed by atoms with van der Waals surface area (Å²) in [6, 6.07) is 10.1. The third-order valence-corrected chi connectivity index (χ3v) is 3.56. The molecule has 0 fully saturated rings. The first-order valence-electron chi connectivity index (χ1n) is 6.04. The van der Waals surface area contributed by atoms with Gasteiger partial charge in [-0.1, -0.05) is 30.7 Å². The highest BCUT2D eigenvalue weighted by Gasteiger charge is 2.08. The summed E-state index contributed by atoms with van der Waals surface area (Å²) in [5, 5.41) is 0.596. The van der Waals surface area contributed by atoms with Crippen LogP contribution in [0.1, 0.15) is 12.5 Å². The molecule has 2 aromatic heterocycles. The number of hydrogen-bond acceptors (Lipinski definition) is 2. The Morgan fingerprint density at radius 2 is 2.21 bits per heavy atom. The largest absolute Gasteiger partial charge is 0.329 e. The molecule has 2 heterocycles. The van der Waals surface area contributed by atoms with Crippen LogP contribution in [0.15, 0.2) is 36.5 Å². The van der Waals surface area contributed by atoms with Gasteiger partial charge >= 0.3 is 0 Å². The summed E-state index contributed by atoms with van der Waals surface area (Å²) in [6.07, 6.45) is 2.62. The van der Waals surface area contributed by atoms with Crippen LogP contribution in [0.5, 0.6) is 0 Å². The monoisotopic (exact) mass is 289 g/mol. The molecule has 0 radical (unpaired) electrons. The van der Waals surface area contributed by atoms with E-state index in [1.165, 1.54) is 5.56 Å². The molecule has 0 atom stereocenters. The van der Waals surface area contributed by atoms with Gasteiger partial charge in [0.1, 0.15) is 0 Å². The third kappa shape index (κ3) is 2.17. The number of rotatable bonds is 2. The summed E-state index contributed by atoms with van der Waals surface area (Å²) in [5.74, 6) is 0. The van der Waals surface area contributed by atoms with E-state index >= 15 is 0 Å². The van der Waals surface area contributed by atoms with Crippen molar-refractivity contribution in [2.24, 2.45) is 0 Å². The quantitative estimate of drug-likeness (QED) is 0.714. The predicted octanol–water partition coefficient (Wildman–Crippen LogP) is 4.30. The Hall–Kier alpha value is -1.65. The molecule has 0 saturated carbocycles. The van der Waals surface area contributed by atoms with Crippen LogP contribution in [-0.4, -0.2) is 14.5 Å². The molecule has 0 spiro atoms. The van der Waals surface area contributed by atoms with Crippen LogP contribution < -0.4 is 0 Å². The van der Waals surface area contributed by atoms with Gasteiger partial charge in [0, 0.05) is 6.20 Å². The van der Waals surface area contributed by atoms with Crippen LogP contribution in [0, 0.1) is 4.77 Å². The normalized spacial score (nSPS) is 11.1. The van der Waals surface area contributed by atoms with Gasteiger partial charge in [0.15, 0.2) is 10.4 Å². The van der Waals surface area contributed by atoms with Gasteiger partial charge in [0.25, 0.3) is 0 Å². The fourth-order valence-corrected chi connectivity index (χ4v) is 2.58. The second-order valence-corrected chi connectivity index (χ2v) is 5.14. The van der Waals surface area contributed by atoms with E-state index < -0.39 is 0 Å². The van der Waals surface area contributed by atoms with E-state index in [-0.39, 0.29) is 0 Å². The van der Waals surface area contributed by atoms with Crippen LogP contribution in [0.4, 0.5) is 0 Å². The highest BCUT2D eigenvalue weighted by molar-refractivity contribution is 7.71. The number of hydrogen-bond donors (Lipinski definition) is 1. The number of H-pyrrole nitrogens is 1. The fourth-order valence-electron chi connectivity index (χ4n) is 2.12. The molecule has 1 aromatic carbocycles. The van der Waals surface area contributed by atoms with E-state index in [4.69, 9.17) is 23.8 Å². The Morgan fingerprint density at radius 1 is 1.37 bits per heavy atom. The zero-order chi connectivity index (χ0) is 13.4. The van der Waals surface area contributed by atoms with Crippen molar-refractivity contribution in [1.29, 1.82) is 0 Å². The Labute approximate surface area is 120 Å². The topological polar surface area (TPSA) is 33.6 Å². The number of nitrogens with zero attached hydrogens (tertiary/aromatic N) is 2. The molecule has 3 rings (SSSR count). The molecule has 0 aliphatic rings. The van der Waals surface area contributed by atoms with Crippen molar-refractivity contribution in [3.8, 4) is 5.69 Å². The molecule has 0 saturated heterocycles. The number of nitrogens with one attached hydrogen (secondary N) is 1. The van der Waals surface area contributed by atoms with Crippen molar-refractivity contribution < 1.29 is 0 Å². The van der Waals surface area contributed by atoms with E-state index in [2.05, 4.69) is 29.0 Å². The summed E-state index contributed by atoms with van der Waals surface area (Å²) in [5.41, 5.74) is 3.93. The highest BCUT2D eigenvalue weighted by atomic mass is 35.5. The second kappa shape index (κ2) is 4.79. The zero-order valence-corrected chi connectivity index (χ0v) is 11.9. The van der Waals surface area contributed by atoms with Gasteiger partial charge in [-0.15, -0.1) is 0 Å². The average Bonchev–Trinajstić information content (AvgIpc) is 2.73. The van der Waals surface area contributed by atoms with Crippen molar-refractivity contribution >= 4 is 35.0 Å². The van der Waals surface area contributed by atoms with E-state index in [1.54, 1.807) is 6.20 Å². The Kier molecular flexibility index (Phi) is 3.12. The molecule has 0 amide bonds. The molecule has 0 aliphatic carbocycles. The standard InChI is InChI=1S/C14H12ClN3S/c1-2-9-4-3-5-11(6-9)18-13-12(17-14(18)19)7-10(15)8-16-13/h3-8H,2H2,1H3,(H,17,19). The third-order valence-electron chi connectivity index (χ3n) is 3.07. The van der Waals surface area contributed by atoms with Crippen LogP contribution in [0.3, 0.4) is 0 Å². The molecule has 1 N–H and O–H groups in total. The predicted molar refractivity (Wildman–Crippen MR) is 80.6 cm³/mol. The first-order valence-corrected chi connectivity index (χ1v) is 6.83. The van der Waals surface area contributed by atoms with Gasteiger partial charge in [-0.25, -0.2) is 4.98 Å². The van der Waals surface area contributed by atoms with Gasteiger partial charge in [-0.2, -0.15) is 0 Å². The van der Waals surface area contributed by atoms with Crippen molar-refractivity contribution in [3.05, 3.63) is 51.9 Å². The molecule has 96 valence electrons. The lowest BCUT2D eigenvalue weighted by atomic mass is 10.1. The number of fused-ring (bicyclic) bond motifs is 1. The van der Waals surface area contributed by atoms with Gasteiger partial charge in [-0.3, -0.25) is 4.57 Å². The lowest BCUT2D eigenvalue weighted by Gasteiger charge is -2.05. The van der Waals surface area contributed by atoms with Crippen LogP contribution in [0.2, 0.25) is 5.02 Å². The van der Waals surface area contributed by atoms with Gasteiger partial charge in [-0.05, 0) is 42.4 Å². The first kappa shape index (κ1) is 12.4. The van der Waals surface area contributed by atoms with Crippen molar-refractivity contribution in [2.75, 3.05) is 0 Å². The second-order valence-electron chi connectivity index (χ2n) is 4.31. The number of halogens is 1. The highest BCUT2D eigenvalue weighted by Crippen LogP contribution is 2.21. The number of aryl methyl sites for hydroxylation is 1. The van der Waals surface area contributed by atoms with Gasteiger partial charge in [0.2, 0.25) is 0 Å². The van der Waals surface area contributed by atoms with E-state index in [9.17, 15) is 0 Å². The van der Waals surface area contributed by atoms with Crippen molar-refractivity contribution in [1.82, 2.24) is 14.5 Å². The number of imidazole rings is 1. The lowest BCUT2D eigenvalue weighted by molar-refractivity contribution is 1.03. The van der Waals surface area contributed by atoms with Gasteiger partial charge < -0.3 is 4.98 Å². The minimum absolute atomic E-state index is 0.596. The molecule has 3 nitrogen and oxygen atoms in total. The Bertz CT molecular complexity index is 804. The number of aromatic nitrogens is 3. The molecule has 3 aromatic rings. The van der Waals surface area contributed by atoms with Crippen LogP contribution in [0.25, 0.3) is 16.9 Å². The van der Waals surface area contributed by atoms with Crippen LogP contribution in [-0.2, 0) is 6.42 Å². The average molecular weight is 290 g/mol. The van der Waals surface area contributed by atoms with Crippen molar-refractivity contribution in [3.63, 3.8) is 0 Å². The van der Waals surface area contributed by atoms with E-state index in [1.807, 2.05) is 22.8 Å². The smallest absolute Gasteiger partial charge is 0.183 e. The van der Waals surface area contributed by atoms with E-state index in [0.717, 1.165) is 23.3 Å². The number of pyridine rings is 1. The minimum atomic E-state index is 0.596. The Balaban J connectivity index is 2.29. The molecule has 0 unspecified atom stereocenters. The molecule has 19 heavy (non-hydrogen) atoms. The van der Waals surface area contributed by atoms with Crippen molar-refractivity contribution in [2.45, 2.75) is 13.3 Å². The molecular formula is C14H12ClN3S. The molecule has 0 bridgehead atoms. The summed E-state index contributed by atoms with van der Waals surface area (Å²) in [7, 11) is 0. The maximum Gasteiger partial charge on any atom is 0.183 e. The fraction of sp³-hybridized carbons (Fsp3) is 0.143. The molecule has 0 aliphatic heterocycles. The maximum atomic E-state index is 5.95. The zero-order valence-electron chi connectivity index (χ0n) is 10.4. The summed E-state index contributed by atoms with van der Waals surface area (Å²) >= 11 is 11.3. The first-order chi connectivity index (χ1) is 9.19. The summed E-state index contributed by atoms with van der Waals surface area (Å²) in [4.78, 5) is 7.50. The SMILES string of the molecule is CCc1cccc(-n2c(=S)[nH]c3cc(Cl)cnc32)c1. The van der Waals surface area contributed by atoms with Gasteiger partial charge in [0.05, 0.1) is 16.2 Å². The molecular weight excluding hydrogens is 278 g/mol. The summed E-state index contributed by atoms with van der Waals surface area (Å²) < 4.78 is 2.55. The summed E-state index contributed by atoms with van der Waals surface area (Å²) in [6.45, 7) is 2.13. The molecule has 5 heteroatoms. The number of aromatic amines is 1. The maximum absolute atomic E-state index is 5.95. The lowest BCUT2D eigenvalue weighted by Crippen LogP contribution is -1.96. The number of benzene rings is 1.